The highest BCUT2D eigenvalue weighted by Crippen LogP contribution is 2.40. The van der Waals surface area contributed by atoms with Gasteiger partial charge in [-0.05, 0) is 42.5 Å². The summed E-state index contributed by atoms with van der Waals surface area (Å²) in [5.41, 5.74) is 4.97. The molecule has 0 saturated heterocycles. The number of halogens is 4. The van der Waals surface area contributed by atoms with Gasteiger partial charge in [0.15, 0.2) is 0 Å². The Kier molecular flexibility index (Phi) is 3.61. The van der Waals surface area contributed by atoms with E-state index in [1.165, 1.54) is 0 Å². The van der Waals surface area contributed by atoms with E-state index < -0.39 is 23.6 Å². The summed E-state index contributed by atoms with van der Waals surface area (Å²) in [7, 11) is 0. The standard InChI is InChI=1S/C13H15F4N/c14-9-5-6-11(13(15,16)17)10(7-9)12(18)8-3-1-2-4-8/h5-8,12H,1-4,18H2. The molecule has 1 atom stereocenters. The average molecular weight is 261 g/mol. The lowest BCUT2D eigenvalue weighted by atomic mass is 9.89. The number of rotatable bonds is 2. The number of benzene rings is 1. The summed E-state index contributed by atoms with van der Waals surface area (Å²) in [5.74, 6) is -0.653. The Bertz CT molecular complexity index is 421. The molecule has 1 aliphatic carbocycles. The molecule has 0 radical (unpaired) electrons. The highest BCUT2D eigenvalue weighted by Gasteiger charge is 2.36. The SMILES string of the molecule is NC(c1cc(F)ccc1C(F)(F)F)C1CCCC1. The van der Waals surface area contributed by atoms with Crippen molar-refractivity contribution in [3.05, 3.63) is 35.1 Å². The second-order valence-electron chi connectivity index (χ2n) is 4.80. The van der Waals surface area contributed by atoms with Crippen molar-refractivity contribution in [1.82, 2.24) is 0 Å². The highest BCUT2D eigenvalue weighted by molar-refractivity contribution is 5.33. The van der Waals surface area contributed by atoms with E-state index in [9.17, 15) is 17.6 Å². The third-order valence-electron chi connectivity index (χ3n) is 3.59. The van der Waals surface area contributed by atoms with Crippen molar-refractivity contribution >= 4 is 0 Å². The summed E-state index contributed by atoms with van der Waals surface area (Å²) >= 11 is 0. The fourth-order valence-corrected chi connectivity index (χ4v) is 2.64. The molecule has 0 aliphatic heterocycles. The molecule has 1 fully saturated rings. The molecule has 18 heavy (non-hydrogen) atoms. The second-order valence-corrected chi connectivity index (χ2v) is 4.80. The first-order chi connectivity index (χ1) is 8.39. The Morgan fingerprint density at radius 1 is 1.17 bits per heavy atom. The summed E-state index contributed by atoms with van der Waals surface area (Å²) in [6.07, 6.45) is -0.896. The number of nitrogens with two attached hydrogens (primary N) is 1. The van der Waals surface area contributed by atoms with Gasteiger partial charge < -0.3 is 5.73 Å². The molecule has 0 aromatic heterocycles. The topological polar surface area (TPSA) is 26.0 Å². The van der Waals surface area contributed by atoms with E-state index >= 15 is 0 Å². The van der Waals surface area contributed by atoms with E-state index in [4.69, 9.17) is 5.73 Å². The Hall–Kier alpha value is -1.10. The minimum atomic E-state index is -4.49. The van der Waals surface area contributed by atoms with Gasteiger partial charge in [-0.2, -0.15) is 13.2 Å². The number of alkyl halides is 3. The zero-order valence-corrected chi connectivity index (χ0v) is 9.80. The quantitative estimate of drug-likeness (QED) is 0.799. The lowest BCUT2D eigenvalue weighted by Crippen LogP contribution is -2.23. The molecule has 1 aliphatic rings. The van der Waals surface area contributed by atoms with Crippen LogP contribution in [0.4, 0.5) is 17.6 Å². The lowest BCUT2D eigenvalue weighted by Gasteiger charge is -2.23. The summed E-state index contributed by atoms with van der Waals surface area (Å²) < 4.78 is 51.7. The Balaban J connectivity index is 2.38. The van der Waals surface area contributed by atoms with Gasteiger partial charge in [0.2, 0.25) is 0 Å². The van der Waals surface area contributed by atoms with Crippen LogP contribution in [0.15, 0.2) is 18.2 Å². The van der Waals surface area contributed by atoms with Gasteiger partial charge in [-0.1, -0.05) is 12.8 Å². The van der Waals surface area contributed by atoms with Crippen molar-refractivity contribution in [3.8, 4) is 0 Å². The van der Waals surface area contributed by atoms with Gasteiger partial charge in [0.25, 0.3) is 0 Å². The van der Waals surface area contributed by atoms with Crippen LogP contribution in [0.5, 0.6) is 0 Å². The molecule has 1 aromatic rings. The molecule has 2 rings (SSSR count). The first kappa shape index (κ1) is 13.3. The van der Waals surface area contributed by atoms with E-state index in [-0.39, 0.29) is 11.5 Å². The molecular weight excluding hydrogens is 246 g/mol. The largest absolute Gasteiger partial charge is 0.416 e. The zero-order chi connectivity index (χ0) is 13.3. The van der Waals surface area contributed by atoms with Crippen molar-refractivity contribution in [2.45, 2.75) is 37.9 Å². The fraction of sp³-hybridized carbons (Fsp3) is 0.538. The predicted molar refractivity (Wildman–Crippen MR) is 60.3 cm³/mol. The van der Waals surface area contributed by atoms with Crippen molar-refractivity contribution < 1.29 is 17.6 Å². The van der Waals surface area contributed by atoms with Crippen molar-refractivity contribution in [2.75, 3.05) is 0 Å². The minimum absolute atomic E-state index is 0.0212. The van der Waals surface area contributed by atoms with Crippen LogP contribution in [-0.4, -0.2) is 0 Å². The lowest BCUT2D eigenvalue weighted by molar-refractivity contribution is -0.138. The van der Waals surface area contributed by atoms with Gasteiger partial charge in [-0.25, -0.2) is 4.39 Å². The maximum Gasteiger partial charge on any atom is 0.416 e. The highest BCUT2D eigenvalue weighted by atomic mass is 19.4. The minimum Gasteiger partial charge on any atom is -0.324 e. The summed E-state index contributed by atoms with van der Waals surface area (Å²) in [4.78, 5) is 0. The maximum atomic E-state index is 13.2. The molecule has 0 bridgehead atoms. The van der Waals surface area contributed by atoms with Crippen molar-refractivity contribution in [3.63, 3.8) is 0 Å². The van der Waals surface area contributed by atoms with E-state index in [1.54, 1.807) is 0 Å². The summed E-state index contributed by atoms with van der Waals surface area (Å²) in [5, 5.41) is 0. The van der Waals surface area contributed by atoms with Gasteiger partial charge in [-0.3, -0.25) is 0 Å². The molecule has 5 heteroatoms. The molecule has 100 valence electrons. The van der Waals surface area contributed by atoms with E-state index in [0.29, 0.717) is 0 Å². The number of hydrogen-bond donors (Lipinski definition) is 1. The van der Waals surface area contributed by atoms with Crippen molar-refractivity contribution in [1.29, 1.82) is 0 Å². The average Bonchev–Trinajstić information content (AvgIpc) is 2.79. The molecule has 1 aromatic carbocycles. The van der Waals surface area contributed by atoms with Crippen LogP contribution in [0.2, 0.25) is 0 Å². The molecule has 1 nitrogen and oxygen atoms in total. The van der Waals surface area contributed by atoms with Gasteiger partial charge in [0.1, 0.15) is 5.82 Å². The Labute approximate surface area is 103 Å². The molecule has 0 heterocycles. The third-order valence-corrected chi connectivity index (χ3v) is 3.59. The molecule has 1 unspecified atom stereocenters. The Morgan fingerprint density at radius 2 is 1.78 bits per heavy atom. The molecular formula is C13H15F4N. The Morgan fingerprint density at radius 3 is 2.33 bits per heavy atom. The molecule has 2 N–H and O–H groups in total. The normalized spacial score (nSPS) is 19.2. The molecule has 0 amide bonds. The third kappa shape index (κ3) is 2.66. The molecule has 0 spiro atoms. The first-order valence-electron chi connectivity index (χ1n) is 6.02. The van der Waals surface area contributed by atoms with E-state index in [0.717, 1.165) is 43.9 Å². The van der Waals surface area contributed by atoms with Crippen LogP contribution in [0.1, 0.15) is 42.9 Å². The van der Waals surface area contributed by atoms with Crippen LogP contribution >= 0.6 is 0 Å². The smallest absolute Gasteiger partial charge is 0.324 e. The van der Waals surface area contributed by atoms with E-state index in [1.807, 2.05) is 0 Å². The first-order valence-corrected chi connectivity index (χ1v) is 6.02. The predicted octanol–water partition coefficient (Wildman–Crippen LogP) is 4.03. The van der Waals surface area contributed by atoms with Crippen molar-refractivity contribution in [2.24, 2.45) is 11.7 Å². The second kappa shape index (κ2) is 4.88. The van der Waals surface area contributed by atoms with E-state index in [2.05, 4.69) is 0 Å². The van der Waals surface area contributed by atoms with Crippen LogP contribution in [0.3, 0.4) is 0 Å². The number of hydrogen-bond acceptors (Lipinski definition) is 1. The maximum absolute atomic E-state index is 13.2. The van der Waals surface area contributed by atoms with Gasteiger partial charge in [-0.15, -0.1) is 0 Å². The fourth-order valence-electron chi connectivity index (χ4n) is 2.64. The zero-order valence-electron chi connectivity index (χ0n) is 9.80. The summed E-state index contributed by atoms with van der Waals surface area (Å²) in [6.45, 7) is 0. The summed E-state index contributed by atoms with van der Waals surface area (Å²) in [6, 6.07) is 1.79. The molecule has 1 saturated carbocycles. The van der Waals surface area contributed by atoms with Gasteiger partial charge in [0.05, 0.1) is 5.56 Å². The van der Waals surface area contributed by atoms with Crippen LogP contribution < -0.4 is 5.73 Å². The van der Waals surface area contributed by atoms with Crippen LogP contribution in [-0.2, 0) is 6.18 Å². The van der Waals surface area contributed by atoms with Crippen LogP contribution in [0.25, 0.3) is 0 Å². The van der Waals surface area contributed by atoms with Crippen LogP contribution in [0, 0.1) is 11.7 Å². The van der Waals surface area contributed by atoms with Gasteiger partial charge >= 0.3 is 6.18 Å². The monoisotopic (exact) mass is 261 g/mol. The van der Waals surface area contributed by atoms with Gasteiger partial charge in [0, 0.05) is 6.04 Å².